The summed E-state index contributed by atoms with van der Waals surface area (Å²) in [4.78, 5) is 24.1. The van der Waals surface area contributed by atoms with Crippen LogP contribution in [-0.2, 0) is 5.75 Å². The molecule has 4 aromatic rings. The summed E-state index contributed by atoms with van der Waals surface area (Å²) in [5.41, 5.74) is 3.38. The van der Waals surface area contributed by atoms with Gasteiger partial charge >= 0.3 is 0 Å². The first-order valence-corrected chi connectivity index (χ1v) is 12.1. The average molecular weight is 474 g/mol. The molecule has 0 aliphatic rings. The largest absolute Gasteiger partial charge is 0.497 e. The first kappa shape index (κ1) is 22.9. The molecule has 1 amide bonds. The Labute approximate surface area is 202 Å². The molecule has 0 unspecified atom stereocenters. The van der Waals surface area contributed by atoms with Crippen LogP contribution < -0.4 is 10.1 Å². The number of aryl methyl sites for hydroxylation is 1. The van der Waals surface area contributed by atoms with Crippen molar-refractivity contribution in [1.82, 2.24) is 9.97 Å². The van der Waals surface area contributed by atoms with Crippen molar-refractivity contribution in [3.05, 3.63) is 102 Å². The number of hydrogen-bond acceptors (Lipinski definition) is 6. The van der Waals surface area contributed by atoms with Crippen LogP contribution >= 0.6 is 23.5 Å². The third-order valence-corrected chi connectivity index (χ3v) is 6.66. The zero-order valence-corrected chi connectivity index (χ0v) is 20.0. The van der Waals surface area contributed by atoms with Gasteiger partial charge in [0.1, 0.15) is 11.4 Å². The Morgan fingerprint density at radius 2 is 1.82 bits per heavy atom. The van der Waals surface area contributed by atoms with Gasteiger partial charge in [-0.2, -0.15) is 0 Å². The van der Waals surface area contributed by atoms with Crippen molar-refractivity contribution >= 4 is 35.1 Å². The van der Waals surface area contributed by atoms with Crippen LogP contribution in [0.3, 0.4) is 0 Å². The molecule has 0 radical (unpaired) electrons. The third-order valence-electron chi connectivity index (χ3n) is 4.70. The molecule has 1 heterocycles. The van der Waals surface area contributed by atoms with E-state index in [1.807, 2.05) is 54.6 Å². The van der Waals surface area contributed by atoms with Crippen LogP contribution in [0.15, 0.2) is 100 Å². The minimum atomic E-state index is -0.290. The standard InChI is InChI=1S/C26H23N3O2S2/c1-18-8-6-9-19(14-18)17-32-26-27-16-23(33-22-12-4-3-5-13-22)24(29-26)25(30)28-20-10-7-11-21(15-20)31-2/h3-16H,17H2,1-2H3,(H,28,30). The van der Waals surface area contributed by atoms with Crippen molar-refractivity contribution in [2.75, 3.05) is 12.4 Å². The summed E-state index contributed by atoms with van der Waals surface area (Å²) < 4.78 is 5.26. The fourth-order valence-corrected chi connectivity index (χ4v) is 4.76. The molecule has 166 valence electrons. The van der Waals surface area contributed by atoms with Crippen LogP contribution in [0.2, 0.25) is 0 Å². The van der Waals surface area contributed by atoms with Crippen molar-refractivity contribution in [3.63, 3.8) is 0 Å². The second kappa shape index (κ2) is 11.0. The summed E-state index contributed by atoms with van der Waals surface area (Å²) in [6.45, 7) is 2.07. The van der Waals surface area contributed by atoms with Gasteiger partial charge in [0.2, 0.25) is 0 Å². The van der Waals surface area contributed by atoms with E-state index in [1.54, 1.807) is 19.4 Å². The van der Waals surface area contributed by atoms with E-state index in [9.17, 15) is 4.79 Å². The van der Waals surface area contributed by atoms with Gasteiger partial charge in [-0.25, -0.2) is 9.97 Å². The number of nitrogens with one attached hydrogen (secondary N) is 1. The number of carbonyl (C=O) groups excluding carboxylic acids is 1. The van der Waals surface area contributed by atoms with Gasteiger partial charge in [0.15, 0.2) is 5.16 Å². The first-order valence-electron chi connectivity index (χ1n) is 10.3. The molecule has 0 aliphatic carbocycles. The maximum atomic E-state index is 13.2. The highest BCUT2D eigenvalue weighted by Crippen LogP contribution is 2.31. The fraction of sp³-hybridized carbons (Fsp3) is 0.115. The van der Waals surface area contributed by atoms with E-state index in [-0.39, 0.29) is 5.91 Å². The van der Waals surface area contributed by atoms with Gasteiger partial charge in [-0.15, -0.1) is 0 Å². The molecule has 0 saturated carbocycles. The second-order valence-electron chi connectivity index (χ2n) is 7.24. The fourth-order valence-electron chi connectivity index (χ4n) is 3.12. The highest BCUT2D eigenvalue weighted by molar-refractivity contribution is 7.99. The lowest BCUT2D eigenvalue weighted by atomic mass is 10.2. The van der Waals surface area contributed by atoms with Gasteiger partial charge < -0.3 is 10.1 Å². The zero-order valence-electron chi connectivity index (χ0n) is 18.3. The maximum absolute atomic E-state index is 13.2. The molecule has 4 rings (SSSR count). The van der Waals surface area contributed by atoms with Gasteiger partial charge in [-0.1, -0.05) is 77.6 Å². The molecule has 0 spiro atoms. The van der Waals surface area contributed by atoms with Crippen LogP contribution in [0.25, 0.3) is 0 Å². The van der Waals surface area contributed by atoms with E-state index in [1.165, 1.54) is 34.7 Å². The van der Waals surface area contributed by atoms with E-state index in [0.29, 0.717) is 27.2 Å². The zero-order chi connectivity index (χ0) is 23.0. The predicted octanol–water partition coefficient (Wildman–Crippen LogP) is 6.49. The lowest BCUT2D eigenvalue weighted by Crippen LogP contribution is -2.16. The topological polar surface area (TPSA) is 64.1 Å². The van der Waals surface area contributed by atoms with Crippen molar-refractivity contribution < 1.29 is 9.53 Å². The third kappa shape index (κ3) is 6.37. The van der Waals surface area contributed by atoms with Crippen LogP contribution in [-0.4, -0.2) is 23.0 Å². The average Bonchev–Trinajstić information content (AvgIpc) is 2.84. The Balaban J connectivity index is 1.59. The van der Waals surface area contributed by atoms with E-state index in [0.717, 1.165) is 10.6 Å². The number of carbonyl (C=O) groups is 1. The summed E-state index contributed by atoms with van der Waals surface area (Å²) in [5, 5.41) is 3.50. The summed E-state index contributed by atoms with van der Waals surface area (Å²) in [7, 11) is 1.59. The number of hydrogen-bond donors (Lipinski definition) is 1. The van der Waals surface area contributed by atoms with E-state index < -0.39 is 0 Å². The molecule has 1 aromatic heterocycles. The quantitative estimate of drug-likeness (QED) is 0.233. The minimum absolute atomic E-state index is 0.290. The minimum Gasteiger partial charge on any atom is -0.497 e. The van der Waals surface area contributed by atoms with Crippen LogP contribution in [0.4, 0.5) is 5.69 Å². The Hall–Kier alpha value is -3.29. The van der Waals surface area contributed by atoms with Gasteiger partial charge in [0.25, 0.3) is 5.91 Å². The molecule has 5 nitrogen and oxygen atoms in total. The van der Waals surface area contributed by atoms with Crippen LogP contribution in [0.5, 0.6) is 5.75 Å². The van der Waals surface area contributed by atoms with Gasteiger partial charge in [0.05, 0.1) is 12.0 Å². The Kier molecular flexibility index (Phi) is 7.65. The molecule has 0 atom stereocenters. The SMILES string of the molecule is COc1cccc(NC(=O)c2nc(SCc3cccc(C)c3)ncc2Sc2ccccc2)c1. The van der Waals surface area contributed by atoms with E-state index >= 15 is 0 Å². The molecule has 0 bridgehead atoms. The first-order chi connectivity index (χ1) is 16.1. The molecular weight excluding hydrogens is 450 g/mol. The van der Waals surface area contributed by atoms with E-state index in [4.69, 9.17) is 4.74 Å². The molecular formula is C26H23N3O2S2. The van der Waals surface area contributed by atoms with Gasteiger partial charge in [0, 0.05) is 28.6 Å². The Bertz CT molecular complexity index is 1250. The van der Waals surface area contributed by atoms with Gasteiger partial charge in [-0.3, -0.25) is 4.79 Å². The molecule has 0 aliphatic heterocycles. The smallest absolute Gasteiger partial charge is 0.275 e. The summed E-state index contributed by atoms with van der Waals surface area (Å²) >= 11 is 2.98. The molecule has 1 N–H and O–H groups in total. The number of ether oxygens (including phenoxy) is 1. The number of amides is 1. The van der Waals surface area contributed by atoms with Crippen LogP contribution in [0.1, 0.15) is 21.6 Å². The summed E-state index contributed by atoms with van der Waals surface area (Å²) in [6.07, 6.45) is 1.73. The van der Waals surface area contributed by atoms with Crippen LogP contribution in [0, 0.1) is 6.92 Å². The number of thioether (sulfide) groups is 1. The molecule has 3 aromatic carbocycles. The van der Waals surface area contributed by atoms with Crippen molar-refractivity contribution in [2.24, 2.45) is 0 Å². The number of anilines is 1. The highest BCUT2D eigenvalue weighted by atomic mass is 32.2. The normalized spacial score (nSPS) is 10.6. The Morgan fingerprint density at radius 1 is 1.00 bits per heavy atom. The molecule has 0 fully saturated rings. The predicted molar refractivity (Wildman–Crippen MR) is 134 cm³/mol. The maximum Gasteiger partial charge on any atom is 0.275 e. The monoisotopic (exact) mass is 473 g/mol. The molecule has 33 heavy (non-hydrogen) atoms. The van der Waals surface area contributed by atoms with Crippen molar-refractivity contribution in [1.29, 1.82) is 0 Å². The van der Waals surface area contributed by atoms with Crippen molar-refractivity contribution in [3.8, 4) is 5.75 Å². The lowest BCUT2D eigenvalue weighted by Gasteiger charge is -2.11. The summed E-state index contributed by atoms with van der Waals surface area (Å²) in [6, 6.07) is 25.5. The summed E-state index contributed by atoms with van der Waals surface area (Å²) in [5.74, 6) is 1.11. The van der Waals surface area contributed by atoms with Gasteiger partial charge in [-0.05, 0) is 36.8 Å². The van der Waals surface area contributed by atoms with Crippen molar-refractivity contribution in [2.45, 2.75) is 27.6 Å². The number of methoxy groups -OCH3 is 1. The molecule has 7 heteroatoms. The Morgan fingerprint density at radius 3 is 2.61 bits per heavy atom. The van der Waals surface area contributed by atoms with E-state index in [2.05, 4.69) is 40.4 Å². The lowest BCUT2D eigenvalue weighted by molar-refractivity contribution is 0.101. The number of rotatable bonds is 8. The second-order valence-corrected chi connectivity index (χ2v) is 9.30. The number of benzene rings is 3. The number of aromatic nitrogens is 2. The highest BCUT2D eigenvalue weighted by Gasteiger charge is 2.17. The number of nitrogens with zero attached hydrogens (tertiary/aromatic N) is 2. The molecule has 0 saturated heterocycles.